The third kappa shape index (κ3) is 4.44. The summed E-state index contributed by atoms with van der Waals surface area (Å²) in [5.41, 5.74) is 1.06. The number of nitrogens with zero attached hydrogens (tertiary/aromatic N) is 1. The molecule has 0 N–H and O–H groups in total. The van der Waals surface area contributed by atoms with Crippen LogP contribution in [0.1, 0.15) is 12.5 Å². The van der Waals surface area contributed by atoms with Gasteiger partial charge in [-0.05, 0) is 20.0 Å². The average molecular weight is 237 g/mol. The molecule has 4 heteroatoms. The molecule has 1 aromatic rings. The number of ether oxygens (including phenoxy) is 2. The maximum atomic E-state index is 11.3. The predicted molar refractivity (Wildman–Crippen MR) is 66.0 cm³/mol. The van der Waals surface area contributed by atoms with Gasteiger partial charge in [-0.15, -0.1) is 0 Å². The molecule has 0 aliphatic carbocycles. The highest BCUT2D eigenvalue weighted by Crippen LogP contribution is 2.18. The lowest BCUT2D eigenvalue weighted by molar-refractivity contribution is -0.144. The summed E-state index contributed by atoms with van der Waals surface area (Å²) in [6, 6.07) is 7.78. The zero-order valence-corrected chi connectivity index (χ0v) is 10.6. The Bertz CT molecular complexity index is 365. The summed E-state index contributed by atoms with van der Waals surface area (Å²) < 4.78 is 10.2. The fourth-order valence-electron chi connectivity index (χ4n) is 1.61. The molecule has 0 radical (unpaired) electrons. The molecule has 0 saturated carbocycles. The zero-order chi connectivity index (χ0) is 12.7. The van der Waals surface area contributed by atoms with Crippen molar-refractivity contribution in [2.24, 2.45) is 0 Å². The topological polar surface area (TPSA) is 38.8 Å². The van der Waals surface area contributed by atoms with Crippen molar-refractivity contribution >= 4 is 5.97 Å². The smallest absolute Gasteiger partial charge is 0.320 e. The number of rotatable bonds is 6. The molecular weight excluding hydrogens is 218 g/mol. The van der Waals surface area contributed by atoms with Gasteiger partial charge in [-0.2, -0.15) is 0 Å². The normalized spacial score (nSPS) is 10.4. The van der Waals surface area contributed by atoms with Crippen LogP contribution in [0.25, 0.3) is 0 Å². The van der Waals surface area contributed by atoms with E-state index in [9.17, 15) is 4.79 Å². The second kappa shape index (κ2) is 6.91. The number of hydrogen-bond acceptors (Lipinski definition) is 4. The van der Waals surface area contributed by atoms with Crippen molar-refractivity contribution in [3.05, 3.63) is 29.8 Å². The Hall–Kier alpha value is -1.55. The van der Waals surface area contributed by atoms with E-state index < -0.39 is 0 Å². The van der Waals surface area contributed by atoms with Gasteiger partial charge in [0, 0.05) is 12.1 Å². The van der Waals surface area contributed by atoms with Crippen molar-refractivity contribution in [2.45, 2.75) is 13.5 Å². The Kier molecular flexibility index (Phi) is 5.49. The molecule has 0 unspecified atom stereocenters. The van der Waals surface area contributed by atoms with Crippen molar-refractivity contribution in [1.29, 1.82) is 0 Å². The van der Waals surface area contributed by atoms with E-state index in [1.54, 1.807) is 14.0 Å². The van der Waals surface area contributed by atoms with Gasteiger partial charge in [-0.1, -0.05) is 18.2 Å². The van der Waals surface area contributed by atoms with Gasteiger partial charge in [0.2, 0.25) is 0 Å². The van der Waals surface area contributed by atoms with Crippen LogP contribution in [0.15, 0.2) is 24.3 Å². The van der Waals surface area contributed by atoms with Crippen LogP contribution in [0, 0.1) is 0 Å². The van der Waals surface area contributed by atoms with Gasteiger partial charge in [0.15, 0.2) is 0 Å². The number of methoxy groups -OCH3 is 1. The van der Waals surface area contributed by atoms with Crippen LogP contribution in [0.2, 0.25) is 0 Å². The second-order valence-electron chi connectivity index (χ2n) is 3.79. The standard InChI is InChI=1S/C13H19NO3/c1-4-17-13(15)10-14(2)9-11-7-5-6-8-12(11)16-3/h5-8H,4,9-10H2,1-3H3. The molecule has 0 heterocycles. The number of hydrogen-bond donors (Lipinski definition) is 0. The van der Waals surface area contributed by atoms with Crippen LogP contribution in [-0.4, -0.2) is 38.2 Å². The van der Waals surface area contributed by atoms with Crippen molar-refractivity contribution in [3.8, 4) is 5.75 Å². The minimum atomic E-state index is -0.204. The first-order valence-electron chi connectivity index (χ1n) is 5.63. The number of likely N-dealkylation sites (N-methyl/N-ethyl adjacent to an activating group) is 1. The molecule has 0 aromatic heterocycles. The first-order valence-corrected chi connectivity index (χ1v) is 5.63. The van der Waals surface area contributed by atoms with E-state index in [4.69, 9.17) is 9.47 Å². The maximum absolute atomic E-state index is 11.3. The average Bonchev–Trinajstić information content (AvgIpc) is 2.29. The minimum absolute atomic E-state index is 0.204. The molecule has 0 amide bonds. The molecule has 0 saturated heterocycles. The molecule has 0 aliphatic rings. The number of carbonyl (C=O) groups is 1. The third-order valence-corrected chi connectivity index (χ3v) is 2.34. The van der Waals surface area contributed by atoms with E-state index in [0.717, 1.165) is 11.3 Å². The summed E-state index contributed by atoms with van der Waals surface area (Å²) in [6.45, 7) is 3.16. The van der Waals surface area contributed by atoms with E-state index in [2.05, 4.69) is 0 Å². The Morgan fingerprint density at radius 3 is 2.71 bits per heavy atom. The molecule has 94 valence electrons. The first kappa shape index (κ1) is 13.5. The lowest BCUT2D eigenvalue weighted by Crippen LogP contribution is -2.27. The minimum Gasteiger partial charge on any atom is -0.496 e. The molecule has 4 nitrogen and oxygen atoms in total. The second-order valence-corrected chi connectivity index (χ2v) is 3.79. The summed E-state index contributed by atoms with van der Waals surface area (Å²) in [7, 11) is 3.52. The molecule has 0 aliphatic heterocycles. The fourth-order valence-corrected chi connectivity index (χ4v) is 1.61. The lowest BCUT2D eigenvalue weighted by atomic mass is 10.2. The maximum Gasteiger partial charge on any atom is 0.320 e. The van der Waals surface area contributed by atoms with Crippen molar-refractivity contribution < 1.29 is 14.3 Å². The van der Waals surface area contributed by atoms with E-state index >= 15 is 0 Å². The Morgan fingerprint density at radius 1 is 1.35 bits per heavy atom. The van der Waals surface area contributed by atoms with E-state index in [0.29, 0.717) is 13.2 Å². The third-order valence-electron chi connectivity index (χ3n) is 2.34. The van der Waals surface area contributed by atoms with Crippen LogP contribution in [0.4, 0.5) is 0 Å². The van der Waals surface area contributed by atoms with Gasteiger partial charge in [0.25, 0.3) is 0 Å². The van der Waals surface area contributed by atoms with Crippen LogP contribution in [-0.2, 0) is 16.1 Å². The summed E-state index contributed by atoms with van der Waals surface area (Å²) in [5.74, 6) is 0.633. The molecule has 1 aromatic carbocycles. The molecule has 0 spiro atoms. The van der Waals surface area contributed by atoms with Gasteiger partial charge < -0.3 is 9.47 Å². The summed E-state index contributed by atoms with van der Waals surface area (Å²) in [4.78, 5) is 13.2. The highest BCUT2D eigenvalue weighted by molar-refractivity contribution is 5.71. The lowest BCUT2D eigenvalue weighted by Gasteiger charge is -2.17. The van der Waals surface area contributed by atoms with Crippen LogP contribution in [0.5, 0.6) is 5.75 Å². The fraction of sp³-hybridized carbons (Fsp3) is 0.462. The van der Waals surface area contributed by atoms with Crippen LogP contribution < -0.4 is 4.74 Å². The monoisotopic (exact) mass is 237 g/mol. The molecular formula is C13H19NO3. The Morgan fingerprint density at radius 2 is 2.06 bits per heavy atom. The summed E-state index contributed by atoms with van der Waals surface area (Å²) in [5, 5.41) is 0. The van der Waals surface area contributed by atoms with Crippen molar-refractivity contribution in [2.75, 3.05) is 27.3 Å². The zero-order valence-electron chi connectivity index (χ0n) is 10.6. The number of carbonyl (C=O) groups excluding carboxylic acids is 1. The van der Waals surface area contributed by atoms with Gasteiger partial charge in [0.1, 0.15) is 5.75 Å². The highest BCUT2D eigenvalue weighted by atomic mass is 16.5. The highest BCUT2D eigenvalue weighted by Gasteiger charge is 2.09. The Balaban J connectivity index is 2.55. The van der Waals surface area contributed by atoms with Gasteiger partial charge in [-0.3, -0.25) is 9.69 Å². The van der Waals surface area contributed by atoms with E-state index in [1.165, 1.54) is 0 Å². The van der Waals surface area contributed by atoms with Crippen LogP contribution >= 0.6 is 0 Å². The SMILES string of the molecule is CCOC(=O)CN(C)Cc1ccccc1OC. The summed E-state index contributed by atoms with van der Waals surface area (Å²) >= 11 is 0. The molecule has 17 heavy (non-hydrogen) atoms. The first-order chi connectivity index (χ1) is 8.17. The van der Waals surface area contributed by atoms with E-state index in [-0.39, 0.29) is 12.5 Å². The Labute approximate surface area is 102 Å². The number of esters is 1. The van der Waals surface area contributed by atoms with E-state index in [1.807, 2.05) is 36.2 Å². The summed E-state index contributed by atoms with van der Waals surface area (Å²) in [6.07, 6.45) is 0. The van der Waals surface area contributed by atoms with Crippen LogP contribution in [0.3, 0.4) is 0 Å². The predicted octanol–water partition coefficient (Wildman–Crippen LogP) is 1.69. The quantitative estimate of drug-likeness (QED) is 0.706. The number of para-hydroxylation sites is 1. The van der Waals surface area contributed by atoms with Crippen molar-refractivity contribution in [3.63, 3.8) is 0 Å². The van der Waals surface area contributed by atoms with Crippen molar-refractivity contribution in [1.82, 2.24) is 4.90 Å². The molecule has 0 bridgehead atoms. The molecule has 0 fully saturated rings. The van der Waals surface area contributed by atoms with Gasteiger partial charge in [-0.25, -0.2) is 0 Å². The molecule has 0 atom stereocenters. The van der Waals surface area contributed by atoms with Gasteiger partial charge >= 0.3 is 5.97 Å². The number of benzene rings is 1. The van der Waals surface area contributed by atoms with Gasteiger partial charge in [0.05, 0.1) is 20.3 Å². The molecule has 1 rings (SSSR count). The largest absolute Gasteiger partial charge is 0.496 e.